The molecule has 0 aliphatic carbocycles. The highest BCUT2D eigenvalue weighted by Crippen LogP contribution is 2.33. The molecule has 3 aromatic rings. The van der Waals surface area contributed by atoms with Crippen LogP contribution in [-0.4, -0.2) is 44.3 Å². The standard InChI is InChI=1S/C24H28N2O4S2/c1-17-14-18(2)23-21(15-17)25-24(31-23)26(16-19-8-6-12-30-19)22(27)11-7-13-32(28,29)20-9-4-3-5-10-20/h3-5,9-10,14-15,19H,6-8,11-13,16H2,1-2H3. The fourth-order valence-electron chi connectivity index (χ4n) is 4.05. The quantitative estimate of drug-likeness (QED) is 0.476. The van der Waals surface area contributed by atoms with Crippen molar-refractivity contribution in [2.24, 2.45) is 0 Å². The average Bonchev–Trinajstić information content (AvgIpc) is 3.42. The van der Waals surface area contributed by atoms with E-state index in [1.165, 1.54) is 11.3 Å². The molecule has 1 saturated heterocycles. The van der Waals surface area contributed by atoms with Gasteiger partial charge in [0, 0.05) is 13.0 Å². The van der Waals surface area contributed by atoms with Gasteiger partial charge in [0.2, 0.25) is 5.91 Å². The van der Waals surface area contributed by atoms with Gasteiger partial charge < -0.3 is 4.74 Å². The second-order valence-electron chi connectivity index (χ2n) is 8.30. The number of carbonyl (C=O) groups excluding carboxylic acids is 1. The summed E-state index contributed by atoms with van der Waals surface area (Å²) >= 11 is 1.51. The zero-order valence-electron chi connectivity index (χ0n) is 18.4. The number of thiazole rings is 1. The number of fused-ring (bicyclic) bond motifs is 1. The lowest BCUT2D eigenvalue weighted by molar-refractivity contribution is -0.119. The molecule has 4 rings (SSSR count). The Bertz CT molecular complexity index is 1200. The number of aromatic nitrogens is 1. The smallest absolute Gasteiger partial charge is 0.228 e. The molecule has 1 fully saturated rings. The van der Waals surface area contributed by atoms with Crippen LogP contribution in [0.4, 0.5) is 5.13 Å². The van der Waals surface area contributed by atoms with Crippen LogP contribution >= 0.6 is 11.3 Å². The van der Waals surface area contributed by atoms with Crippen LogP contribution in [-0.2, 0) is 19.4 Å². The molecule has 0 radical (unpaired) electrons. The first-order chi connectivity index (χ1) is 15.3. The number of sulfone groups is 1. The van der Waals surface area contributed by atoms with Crippen LogP contribution in [0.5, 0.6) is 0 Å². The lowest BCUT2D eigenvalue weighted by atomic mass is 10.1. The Morgan fingerprint density at radius 2 is 2.00 bits per heavy atom. The molecule has 1 aromatic heterocycles. The van der Waals surface area contributed by atoms with Gasteiger partial charge in [-0.15, -0.1) is 0 Å². The van der Waals surface area contributed by atoms with Gasteiger partial charge in [0.1, 0.15) is 0 Å². The largest absolute Gasteiger partial charge is 0.376 e. The number of rotatable bonds is 8. The molecule has 0 spiro atoms. The average molecular weight is 473 g/mol. The number of amides is 1. The van der Waals surface area contributed by atoms with Crippen LogP contribution in [0.3, 0.4) is 0 Å². The lowest BCUT2D eigenvalue weighted by Gasteiger charge is -2.23. The van der Waals surface area contributed by atoms with E-state index in [4.69, 9.17) is 9.72 Å². The van der Waals surface area contributed by atoms with E-state index in [0.717, 1.165) is 34.2 Å². The third kappa shape index (κ3) is 5.19. The summed E-state index contributed by atoms with van der Waals surface area (Å²) < 4.78 is 32.0. The van der Waals surface area contributed by atoms with Gasteiger partial charge in [0.25, 0.3) is 0 Å². The van der Waals surface area contributed by atoms with Crippen molar-refractivity contribution in [1.82, 2.24) is 4.98 Å². The summed E-state index contributed by atoms with van der Waals surface area (Å²) in [6.45, 7) is 5.24. The number of benzene rings is 2. The number of aryl methyl sites for hydroxylation is 2. The van der Waals surface area contributed by atoms with Gasteiger partial charge in [-0.1, -0.05) is 35.6 Å². The predicted octanol–water partition coefficient (Wildman–Crippen LogP) is 4.68. The Hall–Kier alpha value is -2.29. The van der Waals surface area contributed by atoms with Crippen LogP contribution in [0.25, 0.3) is 10.2 Å². The summed E-state index contributed by atoms with van der Waals surface area (Å²) in [4.78, 5) is 20.0. The molecule has 2 heterocycles. The Labute approximate surface area is 193 Å². The molecule has 0 bridgehead atoms. The molecule has 170 valence electrons. The molecule has 1 aliphatic heterocycles. The maximum atomic E-state index is 13.2. The van der Waals surface area contributed by atoms with Crippen LogP contribution in [0.1, 0.15) is 36.8 Å². The SMILES string of the molecule is Cc1cc(C)c2sc(N(CC3CCCO3)C(=O)CCCS(=O)(=O)c3ccccc3)nc2c1. The summed E-state index contributed by atoms with van der Waals surface area (Å²) in [6, 6.07) is 12.5. The summed E-state index contributed by atoms with van der Waals surface area (Å²) in [5, 5.41) is 0.653. The van der Waals surface area contributed by atoms with Gasteiger partial charge in [-0.05, 0) is 62.4 Å². The zero-order chi connectivity index (χ0) is 22.7. The van der Waals surface area contributed by atoms with Crippen molar-refractivity contribution in [2.75, 3.05) is 23.8 Å². The van der Waals surface area contributed by atoms with Crippen molar-refractivity contribution < 1.29 is 17.9 Å². The highest BCUT2D eigenvalue weighted by Gasteiger charge is 2.27. The molecule has 32 heavy (non-hydrogen) atoms. The van der Waals surface area contributed by atoms with Gasteiger partial charge >= 0.3 is 0 Å². The normalized spacial score (nSPS) is 16.5. The van der Waals surface area contributed by atoms with Crippen molar-refractivity contribution in [2.45, 2.75) is 50.5 Å². The fraction of sp³-hybridized carbons (Fsp3) is 0.417. The monoisotopic (exact) mass is 472 g/mol. The molecular formula is C24H28N2O4S2. The second-order valence-corrected chi connectivity index (χ2v) is 11.4. The molecule has 8 heteroatoms. The van der Waals surface area contributed by atoms with Crippen LogP contribution < -0.4 is 4.90 Å². The van der Waals surface area contributed by atoms with Crippen LogP contribution in [0.2, 0.25) is 0 Å². The van der Waals surface area contributed by atoms with E-state index < -0.39 is 9.84 Å². The Kier molecular flexibility index (Phi) is 6.93. The first-order valence-corrected chi connectivity index (χ1v) is 13.4. The van der Waals surface area contributed by atoms with E-state index in [1.54, 1.807) is 35.2 Å². The van der Waals surface area contributed by atoms with E-state index in [0.29, 0.717) is 23.2 Å². The third-order valence-electron chi connectivity index (χ3n) is 5.66. The summed E-state index contributed by atoms with van der Waals surface area (Å²) in [7, 11) is -3.41. The van der Waals surface area contributed by atoms with Gasteiger partial charge in [-0.2, -0.15) is 0 Å². The molecule has 0 saturated carbocycles. The predicted molar refractivity (Wildman–Crippen MR) is 128 cm³/mol. The topological polar surface area (TPSA) is 76.6 Å². The van der Waals surface area contributed by atoms with Crippen molar-refractivity contribution >= 4 is 42.4 Å². The first kappa shape index (κ1) is 22.9. The highest BCUT2D eigenvalue weighted by atomic mass is 32.2. The summed E-state index contributed by atoms with van der Waals surface area (Å²) in [5.74, 6) is -0.175. The second kappa shape index (κ2) is 9.68. The zero-order valence-corrected chi connectivity index (χ0v) is 20.0. The van der Waals surface area contributed by atoms with Crippen LogP contribution in [0, 0.1) is 13.8 Å². The number of hydrogen-bond acceptors (Lipinski definition) is 6. The molecular weight excluding hydrogens is 444 g/mol. The molecule has 1 aliphatic rings. The Morgan fingerprint density at radius 1 is 1.22 bits per heavy atom. The molecule has 6 nitrogen and oxygen atoms in total. The van der Waals surface area contributed by atoms with Crippen molar-refractivity contribution in [3.05, 3.63) is 53.6 Å². The van der Waals surface area contributed by atoms with Gasteiger partial charge in [0.05, 0.1) is 33.5 Å². The number of ether oxygens (including phenoxy) is 1. The molecule has 1 amide bonds. The Morgan fingerprint density at radius 3 is 2.72 bits per heavy atom. The third-order valence-corrected chi connectivity index (χ3v) is 8.70. The minimum atomic E-state index is -3.41. The van der Waals surface area contributed by atoms with Crippen molar-refractivity contribution in [3.8, 4) is 0 Å². The Balaban J connectivity index is 1.51. The number of anilines is 1. The number of nitrogens with zero attached hydrogens (tertiary/aromatic N) is 2. The minimum absolute atomic E-state index is 0.0122. The summed E-state index contributed by atoms with van der Waals surface area (Å²) in [6.07, 6.45) is 2.30. The molecule has 0 N–H and O–H groups in total. The lowest BCUT2D eigenvalue weighted by Crippen LogP contribution is -2.37. The maximum absolute atomic E-state index is 13.2. The summed E-state index contributed by atoms with van der Waals surface area (Å²) in [5.41, 5.74) is 3.16. The molecule has 1 atom stereocenters. The van der Waals surface area contributed by atoms with E-state index >= 15 is 0 Å². The van der Waals surface area contributed by atoms with E-state index in [-0.39, 0.29) is 30.6 Å². The van der Waals surface area contributed by atoms with Crippen LogP contribution in [0.15, 0.2) is 47.4 Å². The van der Waals surface area contributed by atoms with E-state index in [9.17, 15) is 13.2 Å². The minimum Gasteiger partial charge on any atom is -0.376 e. The van der Waals surface area contributed by atoms with Crippen molar-refractivity contribution in [3.63, 3.8) is 0 Å². The van der Waals surface area contributed by atoms with Gasteiger partial charge in [0.15, 0.2) is 15.0 Å². The van der Waals surface area contributed by atoms with Crippen molar-refractivity contribution in [1.29, 1.82) is 0 Å². The molecule has 2 aromatic carbocycles. The number of carbonyl (C=O) groups is 1. The van der Waals surface area contributed by atoms with Gasteiger partial charge in [-0.3, -0.25) is 9.69 Å². The fourth-order valence-corrected chi connectivity index (χ4v) is 6.43. The number of hydrogen-bond donors (Lipinski definition) is 0. The van der Waals surface area contributed by atoms with E-state index in [2.05, 4.69) is 13.0 Å². The molecule has 1 unspecified atom stereocenters. The van der Waals surface area contributed by atoms with Gasteiger partial charge in [-0.25, -0.2) is 13.4 Å². The van der Waals surface area contributed by atoms with E-state index in [1.807, 2.05) is 13.0 Å². The highest BCUT2D eigenvalue weighted by molar-refractivity contribution is 7.91. The maximum Gasteiger partial charge on any atom is 0.228 e. The first-order valence-electron chi connectivity index (χ1n) is 10.9.